The Morgan fingerprint density at radius 2 is 1.56 bits per heavy atom. The molecule has 2 heteroatoms. The Morgan fingerprint density at radius 1 is 0.944 bits per heavy atom. The second kappa shape index (κ2) is 4.25. The molecule has 18 heavy (non-hydrogen) atoms. The lowest BCUT2D eigenvalue weighted by atomic mass is 9.46. The van der Waals surface area contributed by atoms with Gasteiger partial charge in [-0.15, -0.1) is 12.4 Å². The zero-order valence-corrected chi connectivity index (χ0v) is 11.5. The Balaban J connectivity index is 0.000001000. The molecule has 0 spiro atoms. The summed E-state index contributed by atoms with van der Waals surface area (Å²) >= 11 is 0. The zero-order valence-electron chi connectivity index (χ0n) is 10.7. The van der Waals surface area contributed by atoms with Gasteiger partial charge in [0.05, 0.1) is 0 Å². The van der Waals surface area contributed by atoms with Gasteiger partial charge < -0.3 is 5.73 Å². The molecule has 0 aromatic heterocycles. The minimum Gasteiger partial charge on any atom is -0.327 e. The number of rotatable bonds is 1. The van der Waals surface area contributed by atoms with E-state index in [-0.39, 0.29) is 12.4 Å². The summed E-state index contributed by atoms with van der Waals surface area (Å²) in [5.74, 6) is 2.74. The van der Waals surface area contributed by atoms with Crippen molar-refractivity contribution < 1.29 is 0 Å². The maximum atomic E-state index is 6.63. The molecule has 3 atom stereocenters. The molecule has 3 unspecified atom stereocenters. The Hall–Kier alpha value is -0.530. The molecule has 4 bridgehead atoms. The largest absolute Gasteiger partial charge is 0.327 e. The van der Waals surface area contributed by atoms with Gasteiger partial charge in [-0.2, -0.15) is 0 Å². The maximum Gasteiger partial charge on any atom is 0.0165 e. The van der Waals surface area contributed by atoms with Crippen molar-refractivity contribution in [3.8, 4) is 0 Å². The lowest BCUT2D eigenvalue weighted by Gasteiger charge is -2.60. The van der Waals surface area contributed by atoms with Crippen LogP contribution >= 0.6 is 12.4 Å². The highest BCUT2D eigenvalue weighted by Crippen LogP contribution is 2.60. The Kier molecular flexibility index (Phi) is 2.95. The fourth-order valence-corrected chi connectivity index (χ4v) is 5.28. The molecule has 1 aromatic carbocycles. The van der Waals surface area contributed by atoms with Crippen LogP contribution in [0.2, 0.25) is 0 Å². The quantitative estimate of drug-likeness (QED) is 0.824. The molecule has 0 radical (unpaired) electrons. The molecular formula is C16H22ClN. The van der Waals surface area contributed by atoms with Crippen LogP contribution in [0.25, 0.3) is 0 Å². The lowest BCUT2D eigenvalue weighted by Crippen LogP contribution is -2.61. The molecule has 0 saturated heterocycles. The number of hydrogen-bond donors (Lipinski definition) is 1. The van der Waals surface area contributed by atoms with Gasteiger partial charge in [-0.05, 0) is 55.4 Å². The summed E-state index contributed by atoms with van der Waals surface area (Å²) in [4.78, 5) is 0. The number of nitrogens with two attached hydrogens (primary N) is 1. The Bertz CT molecular complexity index is 416. The first-order chi connectivity index (χ1) is 8.28. The predicted octanol–water partition coefficient (Wildman–Crippen LogP) is 3.51. The summed E-state index contributed by atoms with van der Waals surface area (Å²) in [7, 11) is 0. The van der Waals surface area contributed by atoms with Gasteiger partial charge in [0.1, 0.15) is 0 Å². The van der Waals surface area contributed by atoms with Crippen LogP contribution in [0.3, 0.4) is 0 Å². The van der Waals surface area contributed by atoms with Crippen LogP contribution in [0.1, 0.15) is 37.7 Å². The van der Waals surface area contributed by atoms with Crippen molar-refractivity contribution in [2.45, 2.75) is 43.6 Å². The average molecular weight is 264 g/mol. The van der Waals surface area contributed by atoms with E-state index in [1.54, 1.807) is 0 Å². The number of hydrogen-bond acceptors (Lipinski definition) is 1. The maximum absolute atomic E-state index is 6.63. The van der Waals surface area contributed by atoms with E-state index >= 15 is 0 Å². The first-order valence-electron chi connectivity index (χ1n) is 7.09. The second-order valence-corrected chi connectivity index (χ2v) is 6.66. The molecule has 2 N–H and O–H groups in total. The smallest absolute Gasteiger partial charge is 0.0165 e. The highest BCUT2D eigenvalue weighted by molar-refractivity contribution is 5.85. The van der Waals surface area contributed by atoms with Crippen LogP contribution < -0.4 is 5.73 Å². The average Bonchev–Trinajstić information content (AvgIpc) is 2.36. The normalized spacial score (nSPS) is 44.7. The third-order valence-corrected chi connectivity index (χ3v) is 5.74. The molecular weight excluding hydrogens is 242 g/mol. The van der Waals surface area contributed by atoms with E-state index in [9.17, 15) is 0 Å². The van der Waals surface area contributed by atoms with Crippen molar-refractivity contribution in [2.75, 3.05) is 0 Å². The predicted molar refractivity (Wildman–Crippen MR) is 76.9 cm³/mol. The summed E-state index contributed by atoms with van der Waals surface area (Å²) in [5.41, 5.74) is 8.48. The monoisotopic (exact) mass is 263 g/mol. The van der Waals surface area contributed by atoms with Gasteiger partial charge in [-0.3, -0.25) is 0 Å². The molecule has 0 heterocycles. The van der Waals surface area contributed by atoms with Crippen molar-refractivity contribution in [2.24, 2.45) is 23.5 Å². The van der Waals surface area contributed by atoms with E-state index in [0.29, 0.717) is 11.5 Å². The first-order valence-corrected chi connectivity index (χ1v) is 7.09. The summed E-state index contributed by atoms with van der Waals surface area (Å²) in [6.07, 6.45) is 7.01. The van der Waals surface area contributed by atoms with Gasteiger partial charge in [0, 0.05) is 11.5 Å². The van der Waals surface area contributed by atoms with Gasteiger partial charge in [0.2, 0.25) is 0 Å². The van der Waals surface area contributed by atoms with E-state index < -0.39 is 0 Å². The zero-order chi connectivity index (χ0) is 11.5. The summed E-state index contributed by atoms with van der Waals surface area (Å²) in [6.45, 7) is 0. The highest BCUT2D eigenvalue weighted by Gasteiger charge is 2.56. The van der Waals surface area contributed by atoms with Crippen molar-refractivity contribution >= 4 is 12.4 Å². The van der Waals surface area contributed by atoms with Crippen molar-refractivity contribution in [1.82, 2.24) is 0 Å². The minimum atomic E-state index is 0. The molecule has 4 fully saturated rings. The first kappa shape index (κ1) is 12.5. The van der Waals surface area contributed by atoms with E-state index in [1.165, 1.54) is 37.7 Å². The standard InChI is InChI=1S/C16H21N.ClH/c17-15-13-7-11-6-12(8-13)10-16(15,9-11)14-4-2-1-3-5-14;/h1-5,11-13,15H,6-10,17H2;1H. The van der Waals surface area contributed by atoms with E-state index in [0.717, 1.165) is 17.8 Å². The van der Waals surface area contributed by atoms with Crippen LogP contribution in [-0.4, -0.2) is 6.04 Å². The number of benzene rings is 1. The van der Waals surface area contributed by atoms with Gasteiger partial charge in [-0.25, -0.2) is 0 Å². The van der Waals surface area contributed by atoms with E-state index in [2.05, 4.69) is 30.3 Å². The Labute approximate surface area is 116 Å². The van der Waals surface area contributed by atoms with Crippen molar-refractivity contribution in [3.63, 3.8) is 0 Å². The third-order valence-electron chi connectivity index (χ3n) is 5.74. The van der Waals surface area contributed by atoms with Crippen LogP contribution in [-0.2, 0) is 5.41 Å². The van der Waals surface area contributed by atoms with Crippen LogP contribution in [0.4, 0.5) is 0 Å². The van der Waals surface area contributed by atoms with Crippen LogP contribution in [0.5, 0.6) is 0 Å². The second-order valence-electron chi connectivity index (χ2n) is 6.66. The van der Waals surface area contributed by atoms with Gasteiger partial charge in [-0.1, -0.05) is 30.3 Å². The molecule has 1 nitrogen and oxygen atoms in total. The summed E-state index contributed by atoms with van der Waals surface area (Å²) in [6, 6.07) is 11.5. The van der Waals surface area contributed by atoms with Crippen LogP contribution in [0.15, 0.2) is 30.3 Å². The minimum absolute atomic E-state index is 0. The lowest BCUT2D eigenvalue weighted by molar-refractivity contribution is -0.0247. The molecule has 0 aliphatic heterocycles. The molecule has 4 saturated carbocycles. The summed E-state index contributed by atoms with van der Waals surface area (Å²) in [5, 5.41) is 0. The molecule has 4 aliphatic rings. The number of halogens is 1. The Morgan fingerprint density at radius 3 is 2.17 bits per heavy atom. The van der Waals surface area contributed by atoms with Gasteiger partial charge >= 0.3 is 0 Å². The molecule has 98 valence electrons. The van der Waals surface area contributed by atoms with Crippen molar-refractivity contribution in [1.29, 1.82) is 0 Å². The van der Waals surface area contributed by atoms with Crippen LogP contribution in [0, 0.1) is 17.8 Å². The van der Waals surface area contributed by atoms with E-state index in [1.807, 2.05) is 0 Å². The van der Waals surface area contributed by atoms with Crippen molar-refractivity contribution in [3.05, 3.63) is 35.9 Å². The highest BCUT2D eigenvalue weighted by atomic mass is 35.5. The van der Waals surface area contributed by atoms with E-state index in [4.69, 9.17) is 5.73 Å². The molecule has 4 aliphatic carbocycles. The topological polar surface area (TPSA) is 26.0 Å². The molecule has 1 aromatic rings. The fraction of sp³-hybridized carbons (Fsp3) is 0.625. The summed E-state index contributed by atoms with van der Waals surface area (Å²) < 4.78 is 0. The van der Waals surface area contributed by atoms with Gasteiger partial charge in [0.15, 0.2) is 0 Å². The molecule has 5 rings (SSSR count). The molecule has 0 amide bonds. The fourth-order valence-electron chi connectivity index (χ4n) is 5.28. The third kappa shape index (κ3) is 1.57. The SMILES string of the molecule is Cl.NC1C2CC3CC(C2)CC1(c1ccccc1)C3. The van der Waals surface area contributed by atoms with Gasteiger partial charge in [0.25, 0.3) is 0 Å².